The Hall–Kier alpha value is 0.254. The summed E-state index contributed by atoms with van der Waals surface area (Å²) in [4.78, 5) is 10.3. The molecule has 1 rings (SSSR count). The van der Waals surface area contributed by atoms with Gasteiger partial charge in [0.05, 0.1) is 0 Å². The summed E-state index contributed by atoms with van der Waals surface area (Å²) in [7, 11) is 0. The largest absolute Gasteiger partial charge is 0.419 e. The zero-order valence-corrected chi connectivity index (χ0v) is 10.4. The second-order valence-corrected chi connectivity index (χ2v) is 3.02. The Labute approximate surface area is 99.2 Å². The zero-order chi connectivity index (χ0) is 8.27. The van der Waals surface area contributed by atoms with Gasteiger partial charge in [-0.25, -0.2) is 0 Å². The average Bonchev–Trinajstić information content (AvgIpc) is 2.04. The Kier molecular flexibility index (Phi) is 5.95. The van der Waals surface area contributed by atoms with Gasteiger partial charge in [0, 0.05) is 32.7 Å². The van der Waals surface area contributed by atoms with Gasteiger partial charge in [-0.15, -0.1) is 12.2 Å². The van der Waals surface area contributed by atoms with E-state index in [1.165, 1.54) is 12.8 Å². The van der Waals surface area contributed by atoms with Crippen LogP contribution in [0.3, 0.4) is 0 Å². The molecule has 0 bridgehead atoms. The molecule has 0 spiro atoms. The summed E-state index contributed by atoms with van der Waals surface area (Å²) >= 11 is 0. The van der Waals surface area contributed by atoms with E-state index in [1.807, 2.05) is 13.2 Å². The van der Waals surface area contributed by atoms with Crippen molar-refractivity contribution in [1.82, 2.24) is 0 Å². The molecule has 0 aromatic rings. The van der Waals surface area contributed by atoms with E-state index in [0.717, 1.165) is 29.6 Å². The monoisotopic (exact) mass is 238 g/mol. The van der Waals surface area contributed by atoms with E-state index in [0.29, 0.717) is 0 Å². The topological polar surface area (TPSA) is 17.1 Å². The summed E-state index contributed by atoms with van der Waals surface area (Å²) < 4.78 is 0. The van der Waals surface area contributed by atoms with Crippen LogP contribution in [-0.2, 0) is 37.5 Å². The van der Waals surface area contributed by atoms with Gasteiger partial charge < -0.3 is 4.79 Å². The number of hydrogen-bond donors (Lipinski definition) is 0. The molecule has 0 aromatic carbocycles. The molecule has 2 heteroatoms. The molecule has 1 aliphatic rings. The predicted octanol–water partition coefficient (Wildman–Crippen LogP) is 2.54. The summed E-state index contributed by atoms with van der Waals surface area (Å²) in [6, 6.07) is 0. The first-order valence-corrected chi connectivity index (χ1v) is 4.01. The maximum absolute atomic E-state index is 10.3. The smallest absolute Gasteiger partial charge is 0 e. The number of rotatable bonds is 1. The van der Waals surface area contributed by atoms with E-state index < -0.39 is 0 Å². The Morgan fingerprint density at radius 1 is 1.42 bits per heavy atom. The van der Waals surface area contributed by atoms with Gasteiger partial charge in [-0.1, -0.05) is 26.2 Å². The fourth-order valence-corrected chi connectivity index (χ4v) is 1.48. The Morgan fingerprint density at radius 3 is 2.50 bits per heavy atom. The molecule has 0 atom stereocenters. The van der Waals surface area contributed by atoms with E-state index in [9.17, 15) is 4.79 Å². The molecule has 1 radical (unpaired) electrons. The van der Waals surface area contributed by atoms with Crippen LogP contribution in [0.2, 0.25) is 0 Å². The van der Waals surface area contributed by atoms with E-state index in [4.69, 9.17) is 0 Å². The minimum absolute atomic E-state index is 0. The van der Waals surface area contributed by atoms with Crippen LogP contribution in [-0.4, -0.2) is 6.29 Å². The van der Waals surface area contributed by atoms with Crippen molar-refractivity contribution in [2.24, 2.45) is 0 Å². The van der Waals surface area contributed by atoms with Gasteiger partial charge in [-0.05, 0) is 12.7 Å². The van der Waals surface area contributed by atoms with Crippen LogP contribution in [0.15, 0.2) is 23.3 Å². The van der Waals surface area contributed by atoms with Crippen molar-refractivity contribution in [3.8, 4) is 0 Å². The molecule has 1 fully saturated rings. The molecule has 0 aromatic heterocycles. The van der Waals surface area contributed by atoms with Gasteiger partial charge in [0.1, 0.15) is 0 Å². The van der Waals surface area contributed by atoms with Crippen molar-refractivity contribution in [3.05, 3.63) is 23.3 Å². The third-order valence-electron chi connectivity index (χ3n) is 2.19. The standard InChI is InChI=1S/C10H13O.Y/c1-8-5-3-4-6-10(8)9(2)7-11;/h1,3-6H2,2H3;/q-1;/b10-9+;. The third kappa shape index (κ3) is 2.95. The van der Waals surface area contributed by atoms with Crippen LogP contribution in [0, 0.1) is 0 Å². The first-order chi connectivity index (χ1) is 5.25. The molecule has 0 saturated heterocycles. The summed E-state index contributed by atoms with van der Waals surface area (Å²) in [6.07, 6.45) is 6.40. The summed E-state index contributed by atoms with van der Waals surface area (Å²) in [5.41, 5.74) is 3.03. The third-order valence-corrected chi connectivity index (χ3v) is 2.19. The predicted molar refractivity (Wildman–Crippen MR) is 46.0 cm³/mol. The van der Waals surface area contributed by atoms with Gasteiger partial charge in [0.25, 0.3) is 0 Å². The van der Waals surface area contributed by atoms with E-state index in [-0.39, 0.29) is 32.7 Å². The first-order valence-electron chi connectivity index (χ1n) is 4.01. The number of carbonyl (C=O) groups excluding carboxylic acids is 1. The van der Waals surface area contributed by atoms with Gasteiger partial charge in [-0.3, -0.25) is 0 Å². The van der Waals surface area contributed by atoms with Crippen molar-refractivity contribution in [2.45, 2.75) is 32.6 Å². The normalized spacial score (nSPS) is 21.2. The summed E-state index contributed by atoms with van der Waals surface area (Å²) in [6.45, 7) is 5.75. The van der Waals surface area contributed by atoms with Crippen LogP contribution in [0.5, 0.6) is 0 Å². The van der Waals surface area contributed by atoms with Crippen molar-refractivity contribution in [2.75, 3.05) is 0 Å². The fourth-order valence-electron chi connectivity index (χ4n) is 1.48. The Bertz CT molecular complexity index is 216. The van der Waals surface area contributed by atoms with E-state index in [2.05, 4.69) is 6.58 Å². The second kappa shape index (κ2) is 5.82. The number of allylic oxidation sites excluding steroid dienone is 3. The first kappa shape index (κ1) is 12.3. The molecule has 1 aliphatic carbocycles. The minimum atomic E-state index is 0. The van der Waals surface area contributed by atoms with E-state index in [1.54, 1.807) is 0 Å². The molecule has 0 N–H and O–H groups in total. The quantitative estimate of drug-likeness (QED) is 0.506. The van der Waals surface area contributed by atoms with Crippen LogP contribution < -0.4 is 0 Å². The molecule has 63 valence electrons. The maximum atomic E-state index is 10.3. The van der Waals surface area contributed by atoms with Gasteiger partial charge in [-0.2, -0.15) is 11.1 Å². The Morgan fingerprint density at radius 2 is 2.00 bits per heavy atom. The van der Waals surface area contributed by atoms with Crippen molar-refractivity contribution in [1.29, 1.82) is 0 Å². The van der Waals surface area contributed by atoms with Crippen molar-refractivity contribution >= 4 is 6.29 Å². The maximum Gasteiger partial charge on any atom is 0 e. The molecule has 0 amide bonds. The molecular formula is C10H13OY-. The Balaban J connectivity index is 0.00000121. The van der Waals surface area contributed by atoms with Crippen LogP contribution in [0.4, 0.5) is 0 Å². The van der Waals surface area contributed by atoms with Gasteiger partial charge >= 0.3 is 0 Å². The molecule has 1 nitrogen and oxygen atoms in total. The van der Waals surface area contributed by atoms with Crippen LogP contribution >= 0.6 is 0 Å². The number of hydrogen-bond acceptors (Lipinski definition) is 1. The summed E-state index contributed by atoms with van der Waals surface area (Å²) in [5, 5.41) is 0. The molecule has 1 saturated carbocycles. The fraction of sp³-hybridized carbons (Fsp3) is 0.500. The molecule has 0 unspecified atom stereocenters. The average molecular weight is 238 g/mol. The molecule has 0 aliphatic heterocycles. The van der Waals surface area contributed by atoms with Crippen LogP contribution in [0.25, 0.3) is 0 Å². The van der Waals surface area contributed by atoms with Crippen molar-refractivity contribution in [3.63, 3.8) is 0 Å². The molecule has 0 heterocycles. The van der Waals surface area contributed by atoms with E-state index >= 15 is 0 Å². The van der Waals surface area contributed by atoms with Gasteiger partial charge in [0.2, 0.25) is 0 Å². The van der Waals surface area contributed by atoms with Crippen molar-refractivity contribution < 1.29 is 37.5 Å². The van der Waals surface area contributed by atoms with Crippen LogP contribution in [0.1, 0.15) is 32.6 Å². The summed E-state index contributed by atoms with van der Waals surface area (Å²) in [5.74, 6) is 0. The minimum Gasteiger partial charge on any atom is -0.419 e. The zero-order valence-electron chi connectivity index (χ0n) is 7.52. The SMILES string of the molecule is C=C1CCCC/C1=C(/C)[C-]=O.[Y]. The molecule has 12 heavy (non-hydrogen) atoms. The molecular weight excluding hydrogens is 225 g/mol. The second-order valence-electron chi connectivity index (χ2n) is 3.02. The van der Waals surface area contributed by atoms with Gasteiger partial charge in [0.15, 0.2) is 0 Å².